The molecule has 0 radical (unpaired) electrons. The summed E-state index contributed by atoms with van der Waals surface area (Å²) in [6, 6.07) is 14.2. The first-order chi connectivity index (χ1) is 14.0. The van der Waals surface area contributed by atoms with Gasteiger partial charge in [-0.3, -0.25) is 0 Å². The van der Waals surface area contributed by atoms with Crippen LogP contribution in [0.1, 0.15) is 12.0 Å². The molecular weight excluding hydrogens is 369 g/mol. The van der Waals surface area contributed by atoms with E-state index >= 15 is 0 Å². The van der Waals surface area contributed by atoms with E-state index in [4.69, 9.17) is 4.74 Å². The van der Waals surface area contributed by atoms with Crippen molar-refractivity contribution >= 4 is 23.1 Å². The number of anilines is 4. The van der Waals surface area contributed by atoms with E-state index in [9.17, 15) is 4.39 Å². The molecule has 1 heterocycles. The largest absolute Gasteiger partial charge is 0.494 e. The first-order valence-corrected chi connectivity index (χ1v) is 9.50. The van der Waals surface area contributed by atoms with Crippen molar-refractivity contribution in [1.29, 1.82) is 0 Å². The first-order valence-electron chi connectivity index (χ1n) is 9.50. The molecule has 29 heavy (non-hydrogen) atoms. The summed E-state index contributed by atoms with van der Waals surface area (Å²) in [6.45, 7) is 3.58. The molecule has 0 bridgehead atoms. The molecule has 0 atom stereocenters. The molecule has 0 saturated heterocycles. The molecule has 152 valence electrons. The number of hydrogen-bond acceptors (Lipinski definition) is 6. The fraction of sp³-hybridized carbons (Fsp3) is 0.273. The highest BCUT2D eigenvalue weighted by atomic mass is 19.1. The highest BCUT2D eigenvalue weighted by molar-refractivity contribution is 5.60. The Morgan fingerprint density at radius 3 is 2.59 bits per heavy atom. The maximum Gasteiger partial charge on any atom is 0.229 e. The van der Waals surface area contributed by atoms with Crippen LogP contribution in [0.3, 0.4) is 0 Å². The van der Waals surface area contributed by atoms with Crippen molar-refractivity contribution in [3.63, 3.8) is 0 Å². The molecule has 0 aliphatic rings. The van der Waals surface area contributed by atoms with Gasteiger partial charge in [0.15, 0.2) is 0 Å². The third kappa shape index (κ3) is 6.43. The second-order valence-corrected chi connectivity index (χ2v) is 7.03. The lowest BCUT2D eigenvalue weighted by Gasteiger charge is -2.11. The van der Waals surface area contributed by atoms with Crippen LogP contribution in [0.4, 0.5) is 27.5 Å². The van der Waals surface area contributed by atoms with Gasteiger partial charge in [-0.1, -0.05) is 6.07 Å². The number of aryl methyl sites for hydroxylation is 1. The van der Waals surface area contributed by atoms with Gasteiger partial charge in [-0.25, -0.2) is 9.37 Å². The summed E-state index contributed by atoms with van der Waals surface area (Å²) in [5, 5.41) is 6.14. The third-order valence-corrected chi connectivity index (χ3v) is 4.17. The number of rotatable bonds is 9. The van der Waals surface area contributed by atoms with Crippen LogP contribution in [0.15, 0.2) is 54.7 Å². The fourth-order valence-electron chi connectivity index (χ4n) is 2.70. The Labute approximate surface area is 170 Å². The van der Waals surface area contributed by atoms with E-state index in [0.29, 0.717) is 24.1 Å². The molecule has 0 saturated carbocycles. The number of halogens is 1. The van der Waals surface area contributed by atoms with Crippen molar-refractivity contribution in [2.45, 2.75) is 13.3 Å². The Morgan fingerprint density at radius 2 is 1.83 bits per heavy atom. The molecule has 2 N–H and O–H groups in total. The van der Waals surface area contributed by atoms with Crippen LogP contribution in [-0.2, 0) is 0 Å². The fourth-order valence-corrected chi connectivity index (χ4v) is 2.70. The van der Waals surface area contributed by atoms with Crippen LogP contribution in [-0.4, -0.2) is 42.1 Å². The molecular formula is C22H26FN5O. The zero-order valence-electron chi connectivity index (χ0n) is 16.9. The molecule has 3 rings (SSSR count). The Bertz CT molecular complexity index is 931. The Balaban J connectivity index is 1.59. The standard InChI is InChI=1S/C22H26FN5O/c1-16-5-10-19(23)20(15-16)26-21-11-12-24-22(27-21)25-17-6-8-18(9-7-17)29-14-4-13-28(2)3/h5-12,15H,4,13-14H2,1-3H3,(H2,24,25,26,27). The molecule has 0 unspecified atom stereocenters. The van der Waals surface area contributed by atoms with Crippen LogP contribution in [0.25, 0.3) is 0 Å². The molecule has 0 amide bonds. The van der Waals surface area contributed by atoms with E-state index in [1.54, 1.807) is 24.4 Å². The number of hydrogen-bond donors (Lipinski definition) is 2. The molecule has 7 heteroatoms. The summed E-state index contributed by atoms with van der Waals surface area (Å²) in [5.74, 6) is 1.42. The Morgan fingerprint density at radius 1 is 1.03 bits per heavy atom. The molecule has 2 aromatic carbocycles. The summed E-state index contributed by atoms with van der Waals surface area (Å²) < 4.78 is 19.7. The summed E-state index contributed by atoms with van der Waals surface area (Å²) in [4.78, 5) is 10.8. The van der Waals surface area contributed by atoms with Crippen molar-refractivity contribution in [3.8, 4) is 5.75 Å². The monoisotopic (exact) mass is 395 g/mol. The van der Waals surface area contributed by atoms with Gasteiger partial charge in [0.05, 0.1) is 12.3 Å². The summed E-state index contributed by atoms with van der Waals surface area (Å²) in [5.41, 5.74) is 2.18. The SMILES string of the molecule is Cc1ccc(F)c(Nc2ccnc(Nc3ccc(OCCCN(C)C)cc3)n2)c1. The molecule has 0 spiro atoms. The summed E-state index contributed by atoms with van der Waals surface area (Å²) >= 11 is 0. The third-order valence-electron chi connectivity index (χ3n) is 4.17. The second-order valence-electron chi connectivity index (χ2n) is 7.03. The minimum Gasteiger partial charge on any atom is -0.494 e. The average molecular weight is 395 g/mol. The maximum absolute atomic E-state index is 14.0. The zero-order chi connectivity index (χ0) is 20.6. The normalized spacial score (nSPS) is 10.8. The van der Waals surface area contributed by atoms with Gasteiger partial charge in [0.2, 0.25) is 5.95 Å². The first kappa shape index (κ1) is 20.5. The van der Waals surface area contributed by atoms with E-state index in [1.807, 2.05) is 45.3 Å². The number of aromatic nitrogens is 2. The van der Waals surface area contributed by atoms with Crippen LogP contribution in [0.2, 0.25) is 0 Å². The van der Waals surface area contributed by atoms with Crippen LogP contribution in [0.5, 0.6) is 5.75 Å². The average Bonchev–Trinajstić information content (AvgIpc) is 2.69. The molecule has 1 aromatic heterocycles. The van der Waals surface area contributed by atoms with Crippen molar-refractivity contribution in [2.24, 2.45) is 0 Å². The molecule has 0 aliphatic carbocycles. The number of benzene rings is 2. The van der Waals surface area contributed by atoms with Gasteiger partial charge in [-0.2, -0.15) is 4.98 Å². The van der Waals surface area contributed by atoms with E-state index < -0.39 is 0 Å². The van der Waals surface area contributed by atoms with Crippen LogP contribution in [0, 0.1) is 12.7 Å². The van der Waals surface area contributed by atoms with Crippen molar-refractivity contribution < 1.29 is 9.13 Å². The van der Waals surface area contributed by atoms with Gasteiger partial charge in [0, 0.05) is 18.4 Å². The number of nitrogens with zero attached hydrogens (tertiary/aromatic N) is 3. The van der Waals surface area contributed by atoms with Gasteiger partial charge in [-0.05, 0) is 75.5 Å². The van der Waals surface area contributed by atoms with Gasteiger partial charge in [0.1, 0.15) is 17.4 Å². The van der Waals surface area contributed by atoms with E-state index in [0.717, 1.165) is 30.0 Å². The van der Waals surface area contributed by atoms with Crippen molar-refractivity contribution in [3.05, 3.63) is 66.1 Å². The number of ether oxygens (including phenoxy) is 1. The molecule has 0 aliphatic heterocycles. The lowest BCUT2D eigenvalue weighted by atomic mass is 10.2. The van der Waals surface area contributed by atoms with Crippen LogP contribution < -0.4 is 15.4 Å². The van der Waals surface area contributed by atoms with Crippen LogP contribution >= 0.6 is 0 Å². The lowest BCUT2D eigenvalue weighted by Crippen LogP contribution is -2.15. The highest BCUT2D eigenvalue weighted by Crippen LogP contribution is 2.22. The predicted molar refractivity (Wildman–Crippen MR) is 115 cm³/mol. The van der Waals surface area contributed by atoms with Crippen molar-refractivity contribution in [1.82, 2.24) is 14.9 Å². The quantitative estimate of drug-likeness (QED) is 0.510. The van der Waals surface area contributed by atoms with Gasteiger partial charge in [-0.15, -0.1) is 0 Å². The minimum atomic E-state index is -0.329. The van der Waals surface area contributed by atoms with E-state index in [-0.39, 0.29) is 5.82 Å². The predicted octanol–water partition coefficient (Wildman–Crippen LogP) is 4.74. The van der Waals surface area contributed by atoms with Crippen molar-refractivity contribution in [2.75, 3.05) is 37.9 Å². The van der Waals surface area contributed by atoms with E-state index in [1.165, 1.54) is 6.07 Å². The molecule has 0 fully saturated rings. The topological polar surface area (TPSA) is 62.3 Å². The molecule has 6 nitrogen and oxygen atoms in total. The summed E-state index contributed by atoms with van der Waals surface area (Å²) in [7, 11) is 4.09. The second kappa shape index (κ2) is 9.84. The zero-order valence-corrected chi connectivity index (χ0v) is 16.9. The van der Waals surface area contributed by atoms with Gasteiger partial charge in [0.25, 0.3) is 0 Å². The Kier molecular flexibility index (Phi) is 6.97. The Hall–Kier alpha value is -3.19. The minimum absolute atomic E-state index is 0.329. The lowest BCUT2D eigenvalue weighted by molar-refractivity contribution is 0.281. The highest BCUT2D eigenvalue weighted by Gasteiger charge is 2.05. The summed E-state index contributed by atoms with van der Waals surface area (Å²) in [6.07, 6.45) is 2.59. The maximum atomic E-state index is 14.0. The van der Waals surface area contributed by atoms with Gasteiger partial charge < -0.3 is 20.3 Å². The molecule has 3 aromatic rings. The van der Waals surface area contributed by atoms with E-state index in [2.05, 4.69) is 25.5 Å². The van der Waals surface area contributed by atoms with Gasteiger partial charge >= 0.3 is 0 Å². The smallest absolute Gasteiger partial charge is 0.229 e. The number of nitrogens with one attached hydrogen (secondary N) is 2.